The molecule has 0 heterocycles. The molecule has 0 unspecified atom stereocenters. The van der Waals surface area contributed by atoms with E-state index < -0.39 is 12.3 Å². The second kappa shape index (κ2) is 15.3. The Bertz CT molecular complexity index is 1250. The SMILES string of the molecule is CCCCCCCCN(CCCC[C@@H]1Cc2cc(O)ccc2[C@@H]2[C@@H]1[C@@H]1CC[C@H](O)[C@@]1(C)C[C@@H]2F)C(=O)c1ccc(OCC)cc1. The second-order valence-corrected chi connectivity index (χ2v) is 14.4. The first-order valence-corrected chi connectivity index (χ1v) is 17.9. The zero-order chi connectivity index (χ0) is 32.0. The van der Waals surface area contributed by atoms with Crippen LogP contribution in [0.25, 0.3) is 0 Å². The van der Waals surface area contributed by atoms with Crippen LogP contribution in [0.1, 0.15) is 125 Å². The van der Waals surface area contributed by atoms with Crippen LogP contribution in [-0.2, 0) is 6.42 Å². The summed E-state index contributed by atoms with van der Waals surface area (Å²) >= 11 is 0. The molecule has 2 saturated carbocycles. The highest BCUT2D eigenvalue weighted by molar-refractivity contribution is 5.94. The number of carbonyl (C=O) groups is 1. The van der Waals surface area contributed by atoms with E-state index in [9.17, 15) is 15.0 Å². The zero-order valence-electron chi connectivity index (χ0n) is 27.9. The maximum absolute atomic E-state index is 16.1. The van der Waals surface area contributed by atoms with Crippen molar-refractivity contribution in [2.45, 2.75) is 122 Å². The van der Waals surface area contributed by atoms with E-state index in [-0.39, 0.29) is 28.9 Å². The van der Waals surface area contributed by atoms with Gasteiger partial charge in [-0.2, -0.15) is 0 Å². The Kier molecular flexibility index (Phi) is 11.5. The lowest BCUT2D eigenvalue weighted by Crippen LogP contribution is -2.51. The Balaban J connectivity index is 1.26. The van der Waals surface area contributed by atoms with Crippen LogP contribution in [0, 0.1) is 23.2 Å². The van der Waals surface area contributed by atoms with Crippen molar-refractivity contribution in [1.29, 1.82) is 0 Å². The number of ether oxygens (including phenoxy) is 1. The molecule has 3 aliphatic rings. The molecule has 0 radical (unpaired) electrons. The minimum atomic E-state index is -0.991. The van der Waals surface area contributed by atoms with E-state index in [1.165, 1.54) is 25.7 Å². The van der Waals surface area contributed by atoms with Gasteiger partial charge in [0.25, 0.3) is 5.91 Å². The van der Waals surface area contributed by atoms with Crippen LogP contribution in [0.5, 0.6) is 11.5 Å². The quantitative estimate of drug-likeness (QED) is 0.195. The van der Waals surface area contributed by atoms with Crippen molar-refractivity contribution in [3.8, 4) is 11.5 Å². The summed E-state index contributed by atoms with van der Waals surface area (Å²) in [5.41, 5.74) is 2.48. The second-order valence-electron chi connectivity index (χ2n) is 14.4. The van der Waals surface area contributed by atoms with Gasteiger partial charge in [0.05, 0.1) is 12.7 Å². The summed E-state index contributed by atoms with van der Waals surface area (Å²) < 4.78 is 21.7. The predicted molar refractivity (Wildman–Crippen MR) is 179 cm³/mol. The molecule has 248 valence electrons. The number of nitrogens with zero attached hydrogens (tertiary/aromatic N) is 1. The summed E-state index contributed by atoms with van der Waals surface area (Å²) in [7, 11) is 0. The summed E-state index contributed by atoms with van der Waals surface area (Å²) in [6.07, 6.45) is 11.5. The third kappa shape index (κ3) is 7.53. The molecule has 2 aromatic carbocycles. The molecule has 2 N–H and O–H groups in total. The monoisotopic (exact) mass is 621 g/mol. The molecule has 0 aliphatic heterocycles. The van der Waals surface area contributed by atoms with Gasteiger partial charge in [0.2, 0.25) is 0 Å². The molecule has 1 amide bonds. The lowest BCUT2D eigenvalue weighted by Gasteiger charge is -2.54. The summed E-state index contributed by atoms with van der Waals surface area (Å²) in [5, 5.41) is 21.2. The van der Waals surface area contributed by atoms with E-state index in [2.05, 4.69) is 13.8 Å². The van der Waals surface area contributed by atoms with Gasteiger partial charge in [0.15, 0.2) is 0 Å². The third-order valence-corrected chi connectivity index (χ3v) is 11.5. The normalized spacial score (nSPS) is 28.6. The molecule has 3 aliphatic carbocycles. The standard InChI is InChI=1S/C39H56FNO4/c1-4-6-7-8-9-11-22-41(38(44)27-14-17-31(18-15-27)45-5-2)23-12-10-13-28-24-29-25-30(42)16-19-32(29)37-34(40)26-39(3)33(36(28)37)20-21-35(39)43/h14-19,25,28,33-37,42-43H,4-13,20-24,26H2,1-3H3/t28-,33+,34+,35+,36+,37+,39+/m1/s1. The first-order chi connectivity index (χ1) is 21.8. The molecule has 7 atom stereocenters. The summed E-state index contributed by atoms with van der Waals surface area (Å²) in [6, 6.07) is 13.0. The summed E-state index contributed by atoms with van der Waals surface area (Å²) in [4.78, 5) is 15.7. The number of amides is 1. The van der Waals surface area contributed by atoms with Gasteiger partial charge < -0.3 is 19.8 Å². The van der Waals surface area contributed by atoms with Crippen molar-refractivity contribution in [3.05, 3.63) is 59.2 Å². The molecule has 5 nitrogen and oxygen atoms in total. The van der Waals surface area contributed by atoms with Crippen molar-refractivity contribution in [2.75, 3.05) is 19.7 Å². The van der Waals surface area contributed by atoms with E-state index in [1.807, 2.05) is 48.2 Å². The van der Waals surface area contributed by atoms with Gasteiger partial charge in [-0.05, 0) is 123 Å². The van der Waals surface area contributed by atoms with Crippen LogP contribution in [-0.4, -0.2) is 53.0 Å². The molecular formula is C39H56FNO4. The first kappa shape index (κ1) is 33.8. The Labute approximate surface area is 270 Å². The van der Waals surface area contributed by atoms with Crippen molar-refractivity contribution >= 4 is 5.91 Å². The number of phenols is 1. The Hall–Kier alpha value is -2.60. The van der Waals surface area contributed by atoms with E-state index in [4.69, 9.17) is 4.74 Å². The average Bonchev–Trinajstić information content (AvgIpc) is 3.32. The van der Waals surface area contributed by atoms with Crippen molar-refractivity contribution in [3.63, 3.8) is 0 Å². The van der Waals surface area contributed by atoms with Gasteiger partial charge in [0, 0.05) is 24.6 Å². The molecule has 0 saturated heterocycles. The molecule has 2 aromatic rings. The molecule has 0 aromatic heterocycles. The largest absolute Gasteiger partial charge is 0.508 e. The van der Waals surface area contributed by atoms with E-state index in [1.54, 1.807) is 6.07 Å². The molecule has 6 heteroatoms. The number of aliphatic hydroxyl groups is 1. The number of aliphatic hydroxyl groups excluding tert-OH is 1. The molecular weight excluding hydrogens is 565 g/mol. The number of phenolic OH excluding ortho intramolecular Hbond substituents is 1. The van der Waals surface area contributed by atoms with Gasteiger partial charge in [-0.15, -0.1) is 0 Å². The summed E-state index contributed by atoms with van der Waals surface area (Å²) in [6.45, 7) is 8.38. The number of unbranched alkanes of at least 4 members (excludes halogenated alkanes) is 6. The fourth-order valence-electron chi connectivity index (χ4n) is 9.18. The number of benzene rings is 2. The zero-order valence-corrected chi connectivity index (χ0v) is 27.9. The highest BCUT2D eigenvalue weighted by atomic mass is 19.1. The number of rotatable bonds is 15. The van der Waals surface area contributed by atoms with Crippen LogP contribution < -0.4 is 4.74 Å². The van der Waals surface area contributed by atoms with Gasteiger partial charge in [-0.1, -0.05) is 58.4 Å². The van der Waals surface area contributed by atoms with Crippen LogP contribution in [0.3, 0.4) is 0 Å². The Morgan fingerprint density at radius 2 is 1.69 bits per heavy atom. The Morgan fingerprint density at radius 1 is 0.978 bits per heavy atom. The number of hydrogen-bond donors (Lipinski definition) is 2. The molecule has 5 rings (SSSR count). The highest BCUT2D eigenvalue weighted by Gasteiger charge is 2.59. The molecule has 0 bridgehead atoms. The molecule has 2 fully saturated rings. The topological polar surface area (TPSA) is 70.0 Å². The lowest BCUT2D eigenvalue weighted by molar-refractivity contribution is -0.0722. The van der Waals surface area contributed by atoms with Gasteiger partial charge in [-0.3, -0.25) is 4.79 Å². The number of carbonyl (C=O) groups excluding carboxylic acids is 1. The van der Waals surface area contributed by atoms with Crippen LogP contribution in [0.2, 0.25) is 0 Å². The Morgan fingerprint density at radius 3 is 2.42 bits per heavy atom. The lowest BCUT2D eigenvalue weighted by atomic mass is 9.51. The number of halogens is 1. The van der Waals surface area contributed by atoms with E-state index in [0.717, 1.165) is 74.8 Å². The van der Waals surface area contributed by atoms with Gasteiger partial charge in [-0.25, -0.2) is 4.39 Å². The smallest absolute Gasteiger partial charge is 0.253 e. The van der Waals surface area contributed by atoms with Crippen molar-refractivity contribution in [1.82, 2.24) is 4.90 Å². The van der Waals surface area contributed by atoms with Gasteiger partial charge >= 0.3 is 0 Å². The van der Waals surface area contributed by atoms with Crippen molar-refractivity contribution in [2.24, 2.45) is 23.2 Å². The number of alkyl halides is 1. The van der Waals surface area contributed by atoms with Crippen LogP contribution in [0.4, 0.5) is 4.39 Å². The minimum Gasteiger partial charge on any atom is -0.508 e. The van der Waals surface area contributed by atoms with Crippen LogP contribution >= 0.6 is 0 Å². The van der Waals surface area contributed by atoms with E-state index in [0.29, 0.717) is 37.0 Å². The predicted octanol–water partition coefficient (Wildman–Crippen LogP) is 8.86. The highest BCUT2D eigenvalue weighted by Crippen LogP contribution is 2.63. The van der Waals surface area contributed by atoms with E-state index >= 15 is 4.39 Å². The fraction of sp³-hybridized carbons (Fsp3) is 0.667. The number of hydrogen-bond acceptors (Lipinski definition) is 4. The molecule has 0 spiro atoms. The maximum Gasteiger partial charge on any atom is 0.253 e. The first-order valence-electron chi connectivity index (χ1n) is 17.9. The summed E-state index contributed by atoms with van der Waals surface area (Å²) in [5.74, 6) is 1.73. The van der Waals surface area contributed by atoms with Gasteiger partial charge in [0.1, 0.15) is 17.7 Å². The minimum absolute atomic E-state index is 0.0806. The van der Waals surface area contributed by atoms with Crippen molar-refractivity contribution < 1.29 is 24.1 Å². The fourth-order valence-corrected chi connectivity index (χ4v) is 9.18. The van der Waals surface area contributed by atoms with Crippen LogP contribution in [0.15, 0.2) is 42.5 Å². The number of fused-ring (bicyclic) bond motifs is 5. The maximum atomic E-state index is 16.1. The third-order valence-electron chi connectivity index (χ3n) is 11.5. The molecule has 45 heavy (non-hydrogen) atoms. The number of aromatic hydroxyl groups is 1. The average molecular weight is 622 g/mol.